The molecule has 24 heavy (non-hydrogen) atoms. The lowest BCUT2D eigenvalue weighted by molar-refractivity contribution is -0.384. The maximum Gasteiger partial charge on any atom is 0.281 e. The number of carbonyl (C=O) groups is 1. The van der Waals surface area contributed by atoms with Crippen LogP contribution in [-0.2, 0) is 12.8 Å². The molecule has 6 nitrogen and oxygen atoms in total. The van der Waals surface area contributed by atoms with Crippen molar-refractivity contribution < 1.29 is 9.72 Å². The summed E-state index contributed by atoms with van der Waals surface area (Å²) in [6, 6.07) is 8.14. The number of nitro groups is 1. The fraction of sp³-hybridized carbons (Fsp3) is 0.294. The molecule has 2 aromatic rings. The third kappa shape index (κ3) is 3.51. The summed E-state index contributed by atoms with van der Waals surface area (Å²) in [5, 5.41) is 14.9. The average Bonchev–Trinajstić information content (AvgIpc) is 3.03. The Labute approximate surface area is 143 Å². The van der Waals surface area contributed by atoms with Gasteiger partial charge in [0.15, 0.2) is 0 Å². The number of nitrogens with zero attached hydrogens (tertiary/aromatic N) is 2. The first-order valence-electron chi connectivity index (χ1n) is 7.75. The minimum absolute atomic E-state index is 0.000640. The molecule has 3 rings (SSSR count). The third-order valence-corrected chi connectivity index (χ3v) is 5.26. The summed E-state index contributed by atoms with van der Waals surface area (Å²) in [7, 11) is 0. The van der Waals surface area contributed by atoms with Gasteiger partial charge in [0, 0.05) is 22.6 Å². The van der Waals surface area contributed by atoms with Crippen molar-refractivity contribution in [2.45, 2.75) is 32.6 Å². The highest BCUT2D eigenvalue weighted by Crippen LogP contribution is 2.29. The van der Waals surface area contributed by atoms with Gasteiger partial charge in [-0.2, -0.15) is 5.10 Å². The predicted octanol–water partition coefficient (Wildman–Crippen LogP) is 3.69. The first-order valence-corrected chi connectivity index (χ1v) is 8.57. The molecule has 124 valence electrons. The molecule has 7 heteroatoms. The fourth-order valence-electron chi connectivity index (χ4n) is 2.70. The Bertz CT molecular complexity index is 803. The molecule has 0 spiro atoms. The highest BCUT2D eigenvalue weighted by Gasteiger charge is 2.17. The number of thiophene rings is 1. The van der Waals surface area contributed by atoms with Crippen molar-refractivity contribution in [3.63, 3.8) is 0 Å². The molecular weight excluding hydrogens is 326 g/mol. The van der Waals surface area contributed by atoms with E-state index in [1.54, 1.807) is 19.1 Å². The monoisotopic (exact) mass is 343 g/mol. The molecule has 0 bridgehead atoms. The highest BCUT2D eigenvalue weighted by molar-refractivity contribution is 7.14. The van der Waals surface area contributed by atoms with Crippen LogP contribution in [0.2, 0.25) is 0 Å². The Morgan fingerprint density at radius 3 is 2.83 bits per heavy atom. The van der Waals surface area contributed by atoms with Crippen LogP contribution in [0.1, 0.15) is 45.4 Å². The lowest BCUT2D eigenvalue weighted by atomic mass is 9.99. The number of rotatable bonds is 4. The van der Waals surface area contributed by atoms with E-state index in [1.165, 1.54) is 46.8 Å². The van der Waals surface area contributed by atoms with Gasteiger partial charge in [-0.25, -0.2) is 5.43 Å². The van der Waals surface area contributed by atoms with Crippen LogP contribution in [0.15, 0.2) is 35.4 Å². The van der Waals surface area contributed by atoms with Gasteiger partial charge in [-0.3, -0.25) is 14.9 Å². The number of hydrazone groups is 1. The molecule has 1 aromatic heterocycles. The first-order chi connectivity index (χ1) is 11.5. The van der Waals surface area contributed by atoms with Gasteiger partial charge in [0.2, 0.25) is 0 Å². The van der Waals surface area contributed by atoms with Gasteiger partial charge in [-0.05, 0) is 44.2 Å². The van der Waals surface area contributed by atoms with E-state index in [2.05, 4.69) is 10.5 Å². The fourth-order valence-corrected chi connectivity index (χ4v) is 3.84. The number of hydrogen-bond donors (Lipinski definition) is 1. The summed E-state index contributed by atoms with van der Waals surface area (Å²) in [6.07, 6.45) is 4.44. The lowest BCUT2D eigenvalue weighted by Crippen LogP contribution is -2.18. The van der Waals surface area contributed by atoms with Crippen LogP contribution >= 0.6 is 11.3 Å². The van der Waals surface area contributed by atoms with Gasteiger partial charge in [0.05, 0.1) is 15.5 Å². The Morgan fingerprint density at radius 1 is 1.29 bits per heavy atom. The standard InChI is InChI=1S/C17H17N3O3S/c1-11(12-6-4-7-14(9-12)20(22)23)18-19-17(21)16-10-13-5-2-3-8-15(13)24-16/h4,6-7,9-10H,2-3,5,8H2,1H3,(H,19,21)/b18-11-. The quantitative estimate of drug-likeness (QED) is 0.522. The van der Waals surface area contributed by atoms with E-state index in [1.807, 2.05) is 6.07 Å². The molecule has 1 aliphatic rings. The summed E-state index contributed by atoms with van der Waals surface area (Å²) in [5.41, 5.74) is 4.95. The number of carbonyl (C=O) groups excluding carboxylic acids is 1. The molecule has 1 aliphatic carbocycles. The Kier molecular flexibility index (Phi) is 4.71. The van der Waals surface area contributed by atoms with Crippen molar-refractivity contribution in [2.24, 2.45) is 5.10 Å². The van der Waals surface area contributed by atoms with Crippen molar-refractivity contribution in [1.29, 1.82) is 0 Å². The van der Waals surface area contributed by atoms with Crippen molar-refractivity contribution in [1.82, 2.24) is 5.43 Å². The largest absolute Gasteiger partial charge is 0.281 e. The van der Waals surface area contributed by atoms with Gasteiger partial charge in [0.25, 0.3) is 11.6 Å². The molecule has 1 aromatic carbocycles. The molecule has 1 heterocycles. The first kappa shape index (κ1) is 16.3. The molecular formula is C17H17N3O3S. The zero-order valence-corrected chi connectivity index (χ0v) is 14.1. The summed E-state index contributed by atoms with van der Waals surface area (Å²) in [5.74, 6) is -0.237. The van der Waals surface area contributed by atoms with E-state index < -0.39 is 4.92 Å². The van der Waals surface area contributed by atoms with Crippen LogP contribution in [0.3, 0.4) is 0 Å². The second kappa shape index (κ2) is 6.92. The Morgan fingerprint density at radius 2 is 2.08 bits per heavy atom. The van der Waals surface area contributed by atoms with E-state index in [0.717, 1.165) is 12.8 Å². The van der Waals surface area contributed by atoms with E-state index >= 15 is 0 Å². The van der Waals surface area contributed by atoms with Gasteiger partial charge in [-0.15, -0.1) is 11.3 Å². The van der Waals surface area contributed by atoms with Crippen molar-refractivity contribution in [3.05, 3.63) is 61.3 Å². The molecule has 1 N–H and O–H groups in total. The Balaban J connectivity index is 1.72. The van der Waals surface area contributed by atoms with Crippen LogP contribution in [-0.4, -0.2) is 16.5 Å². The molecule has 0 unspecified atom stereocenters. The number of non-ortho nitro benzene ring substituents is 1. The van der Waals surface area contributed by atoms with Gasteiger partial charge >= 0.3 is 0 Å². The summed E-state index contributed by atoms with van der Waals surface area (Å²) >= 11 is 1.53. The van der Waals surface area contributed by atoms with E-state index in [0.29, 0.717) is 16.2 Å². The number of nitro benzene ring substituents is 1. The van der Waals surface area contributed by atoms with Gasteiger partial charge in [-0.1, -0.05) is 12.1 Å². The predicted molar refractivity (Wildman–Crippen MR) is 93.7 cm³/mol. The lowest BCUT2D eigenvalue weighted by Gasteiger charge is -2.08. The van der Waals surface area contributed by atoms with Crippen molar-refractivity contribution in [3.8, 4) is 0 Å². The van der Waals surface area contributed by atoms with E-state index in [9.17, 15) is 14.9 Å². The molecule has 0 atom stereocenters. The van der Waals surface area contributed by atoms with Crippen LogP contribution in [0.25, 0.3) is 0 Å². The minimum atomic E-state index is -0.453. The number of benzene rings is 1. The van der Waals surface area contributed by atoms with Crippen molar-refractivity contribution >= 4 is 28.6 Å². The van der Waals surface area contributed by atoms with E-state index in [-0.39, 0.29) is 11.6 Å². The smallest absolute Gasteiger partial charge is 0.266 e. The SMILES string of the molecule is C/C(=N/NC(=O)c1cc2c(s1)CCCC2)c1cccc([N+](=O)[O-])c1. The van der Waals surface area contributed by atoms with Crippen LogP contribution in [0.5, 0.6) is 0 Å². The van der Waals surface area contributed by atoms with Crippen LogP contribution in [0, 0.1) is 10.1 Å². The second-order valence-electron chi connectivity index (χ2n) is 5.71. The van der Waals surface area contributed by atoms with Gasteiger partial charge in [0.1, 0.15) is 0 Å². The molecule has 0 radical (unpaired) electrons. The number of fused-ring (bicyclic) bond motifs is 1. The number of nitrogens with one attached hydrogen (secondary N) is 1. The van der Waals surface area contributed by atoms with Gasteiger partial charge < -0.3 is 0 Å². The molecule has 0 aliphatic heterocycles. The topological polar surface area (TPSA) is 84.6 Å². The summed E-state index contributed by atoms with van der Waals surface area (Å²) in [4.78, 5) is 24.6. The zero-order chi connectivity index (χ0) is 17.1. The number of hydrogen-bond acceptors (Lipinski definition) is 5. The summed E-state index contributed by atoms with van der Waals surface area (Å²) in [6.45, 7) is 1.71. The summed E-state index contributed by atoms with van der Waals surface area (Å²) < 4.78 is 0. The van der Waals surface area contributed by atoms with E-state index in [4.69, 9.17) is 0 Å². The van der Waals surface area contributed by atoms with Crippen LogP contribution < -0.4 is 5.43 Å². The molecule has 1 amide bonds. The zero-order valence-electron chi connectivity index (χ0n) is 13.2. The second-order valence-corrected chi connectivity index (χ2v) is 6.85. The normalized spacial score (nSPS) is 14.1. The average molecular weight is 343 g/mol. The van der Waals surface area contributed by atoms with Crippen molar-refractivity contribution in [2.75, 3.05) is 0 Å². The molecule has 0 saturated carbocycles. The molecule has 0 saturated heterocycles. The minimum Gasteiger partial charge on any atom is -0.266 e. The Hall–Kier alpha value is -2.54. The highest BCUT2D eigenvalue weighted by atomic mass is 32.1. The third-order valence-electron chi connectivity index (χ3n) is 4.02. The maximum atomic E-state index is 12.3. The number of amides is 1. The maximum absolute atomic E-state index is 12.3. The van der Waals surface area contributed by atoms with Crippen LogP contribution in [0.4, 0.5) is 5.69 Å². The number of aryl methyl sites for hydroxylation is 2. The molecule has 0 fully saturated rings.